The lowest BCUT2D eigenvalue weighted by Gasteiger charge is -2.27. The minimum absolute atomic E-state index is 0.112. The highest BCUT2D eigenvalue weighted by Crippen LogP contribution is 2.23. The summed E-state index contributed by atoms with van der Waals surface area (Å²) in [6.07, 6.45) is 1.87. The van der Waals surface area contributed by atoms with Crippen LogP contribution in [0.5, 0.6) is 0 Å². The molecule has 1 aliphatic heterocycles. The highest BCUT2D eigenvalue weighted by Gasteiger charge is 2.30. The highest BCUT2D eigenvalue weighted by molar-refractivity contribution is 7.91. The molecule has 1 aromatic rings. The van der Waals surface area contributed by atoms with Crippen LogP contribution in [-0.4, -0.2) is 23.1 Å². The maximum Gasteiger partial charge on any atom is 0.128 e. The molecule has 3 N–H and O–H groups in total. The number of benzene rings is 1. The highest BCUT2D eigenvalue weighted by atomic mass is 32.2. The van der Waals surface area contributed by atoms with Crippen LogP contribution in [0, 0.1) is 5.82 Å². The lowest BCUT2D eigenvalue weighted by molar-refractivity contribution is 0.501. The molecule has 4 nitrogen and oxygen atoms in total. The van der Waals surface area contributed by atoms with Crippen molar-refractivity contribution in [2.24, 2.45) is 10.1 Å². The van der Waals surface area contributed by atoms with Crippen LogP contribution in [0.2, 0.25) is 0 Å². The molecule has 2 unspecified atom stereocenters. The molecule has 0 spiro atoms. The largest absolute Gasteiger partial charge is 0.321 e. The fourth-order valence-corrected chi connectivity index (χ4v) is 4.37. The van der Waals surface area contributed by atoms with Gasteiger partial charge in [0.25, 0.3) is 0 Å². The van der Waals surface area contributed by atoms with Crippen LogP contribution in [0.3, 0.4) is 0 Å². The first kappa shape index (κ1) is 14.4. The summed E-state index contributed by atoms with van der Waals surface area (Å²) in [4.78, 5) is 0. The second-order valence-corrected chi connectivity index (χ2v) is 7.25. The van der Waals surface area contributed by atoms with Crippen LogP contribution < -0.4 is 10.5 Å². The minimum atomic E-state index is -2.57. The van der Waals surface area contributed by atoms with Crippen molar-refractivity contribution in [2.75, 3.05) is 18.8 Å². The third kappa shape index (κ3) is 3.52. The number of halogens is 1. The summed E-state index contributed by atoms with van der Waals surface area (Å²) in [5.74, 6) is -0.259. The van der Waals surface area contributed by atoms with Gasteiger partial charge in [0.15, 0.2) is 0 Å². The molecule has 2 rings (SSSR count). The summed E-state index contributed by atoms with van der Waals surface area (Å²) in [7, 11) is -2.57. The van der Waals surface area contributed by atoms with Gasteiger partial charge in [-0.2, -0.15) is 0 Å². The van der Waals surface area contributed by atoms with Gasteiger partial charge < -0.3 is 5.73 Å². The van der Waals surface area contributed by atoms with E-state index in [1.54, 1.807) is 25.1 Å². The van der Waals surface area contributed by atoms with Crippen LogP contribution in [0.15, 0.2) is 28.6 Å². The second kappa shape index (κ2) is 5.56. The van der Waals surface area contributed by atoms with Gasteiger partial charge in [0, 0.05) is 18.7 Å². The number of hydrogen-bond donors (Lipinski definition) is 2. The number of nitrogens with two attached hydrogens (primary N) is 1. The Morgan fingerprint density at radius 1 is 1.47 bits per heavy atom. The van der Waals surface area contributed by atoms with E-state index >= 15 is 0 Å². The maximum atomic E-state index is 13.8. The first-order valence-corrected chi connectivity index (χ1v) is 8.10. The van der Waals surface area contributed by atoms with E-state index in [9.17, 15) is 8.60 Å². The maximum absolute atomic E-state index is 13.8. The predicted molar refractivity (Wildman–Crippen MR) is 75.5 cm³/mol. The molecule has 6 heteroatoms. The number of rotatable bonds is 3. The average Bonchev–Trinajstić information content (AvgIpc) is 2.53. The van der Waals surface area contributed by atoms with Crippen molar-refractivity contribution in [1.82, 2.24) is 4.72 Å². The topological polar surface area (TPSA) is 67.5 Å². The molecule has 1 aliphatic rings. The molecule has 1 heterocycles. The van der Waals surface area contributed by atoms with Crippen molar-refractivity contribution >= 4 is 9.92 Å². The monoisotopic (exact) mass is 285 g/mol. The van der Waals surface area contributed by atoms with Gasteiger partial charge in [-0.05, 0) is 25.8 Å². The molecule has 2 atom stereocenters. The zero-order valence-electron chi connectivity index (χ0n) is 11.1. The number of nitrogens with one attached hydrogen (secondary N) is 1. The van der Waals surface area contributed by atoms with Gasteiger partial charge in [0.1, 0.15) is 15.7 Å². The minimum Gasteiger partial charge on any atom is -0.321 e. The van der Waals surface area contributed by atoms with Gasteiger partial charge >= 0.3 is 0 Å². The first-order valence-electron chi connectivity index (χ1n) is 6.42. The lowest BCUT2D eigenvalue weighted by Crippen LogP contribution is -2.44. The molecule has 1 aromatic carbocycles. The molecular formula is C13H20FN3OS. The van der Waals surface area contributed by atoms with Crippen LogP contribution in [-0.2, 0) is 15.5 Å². The van der Waals surface area contributed by atoms with Crippen molar-refractivity contribution in [3.8, 4) is 0 Å². The molecule has 0 bridgehead atoms. The lowest BCUT2D eigenvalue weighted by atomic mass is 9.95. The fraction of sp³-hybridized carbons (Fsp3) is 0.538. The summed E-state index contributed by atoms with van der Waals surface area (Å²) in [5, 5.41) is 0. The molecule has 19 heavy (non-hydrogen) atoms. The van der Waals surface area contributed by atoms with E-state index < -0.39 is 15.5 Å². The zero-order chi connectivity index (χ0) is 13.9. The third-order valence-corrected chi connectivity index (χ3v) is 5.44. The normalized spacial score (nSPS) is 27.1. The zero-order valence-corrected chi connectivity index (χ0v) is 11.9. The van der Waals surface area contributed by atoms with Crippen LogP contribution in [0.4, 0.5) is 4.39 Å². The molecule has 0 amide bonds. The smallest absolute Gasteiger partial charge is 0.128 e. The standard InChI is InChI=1S/C13H20FN3OS/c1-13(15,11-6-2-3-7-12(11)14)10-19(18)16-8-4-5-9-17-19/h2-3,6-7H,4-5,8-10,15H2,1H3,(H,16,17,18). The van der Waals surface area contributed by atoms with Crippen molar-refractivity contribution in [3.63, 3.8) is 0 Å². The van der Waals surface area contributed by atoms with Gasteiger partial charge in [-0.3, -0.25) is 0 Å². The fourth-order valence-electron chi connectivity index (χ4n) is 2.23. The molecule has 0 saturated heterocycles. The van der Waals surface area contributed by atoms with E-state index in [-0.39, 0.29) is 11.6 Å². The SMILES string of the molecule is CC(N)(CS1(=O)=NCCCCN1)c1ccccc1F. The predicted octanol–water partition coefficient (Wildman–Crippen LogP) is 1.77. The molecule has 0 fully saturated rings. The summed E-state index contributed by atoms with van der Waals surface area (Å²) in [6.45, 7) is 2.93. The molecule has 0 saturated carbocycles. The Kier molecular flexibility index (Phi) is 4.23. The molecular weight excluding hydrogens is 265 g/mol. The Bertz CT molecular complexity index is 565. The summed E-state index contributed by atoms with van der Waals surface area (Å²) in [5.41, 5.74) is 5.55. The number of nitrogens with zero attached hydrogens (tertiary/aromatic N) is 1. The summed E-state index contributed by atoms with van der Waals surface area (Å²) in [6, 6.07) is 6.34. The summed E-state index contributed by atoms with van der Waals surface area (Å²) >= 11 is 0. The van der Waals surface area contributed by atoms with Crippen LogP contribution in [0.1, 0.15) is 25.3 Å². The average molecular weight is 285 g/mol. The Balaban J connectivity index is 2.28. The van der Waals surface area contributed by atoms with Gasteiger partial charge in [0.2, 0.25) is 0 Å². The second-order valence-electron chi connectivity index (χ2n) is 5.14. The molecule has 106 valence electrons. The van der Waals surface area contributed by atoms with Crippen molar-refractivity contribution in [1.29, 1.82) is 0 Å². The van der Waals surface area contributed by atoms with Gasteiger partial charge in [-0.15, -0.1) is 0 Å². The van der Waals surface area contributed by atoms with Crippen molar-refractivity contribution in [2.45, 2.75) is 25.3 Å². The van der Waals surface area contributed by atoms with Gasteiger partial charge in [-0.1, -0.05) is 18.2 Å². The van der Waals surface area contributed by atoms with Crippen molar-refractivity contribution < 1.29 is 8.60 Å². The van der Waals surface area contributed by atoms with E-state index in [2.05, 4.69) is 9.08 Å². The Morgan fingerprint density at radius 3 is 2.95 bits per heavy atom. The quantitative estimate of drug-likeness (QED) is 0.888. The first-order chi connectivity index (χ1) is 8.93. The van der Waals surface area contributed by atoms with E-state index in [4.69, 9.17) is 5.73 Å². The van der Waals surface area contributed by atoms with Crippen LogP contribution >= 0.6 is 0 Å². The van der Waals surface area contributed by atoms with Crippen LogP contribution in [0.25, 0.3) is 0 Å². The van der Waals surface area contributed by atoms with Gasteiger partial charge in [0.05, 0.1) is 11.3 Å². The van der Waals surface area contributed by atoms with E-state index in [1.807, 2.05) is 0 Å². The Labute approximate surface area is 113 Å². The van der Waals surface area contributed by atoms with E-state index in [0.717, 1.165) is 12.8 Å². The summed E-state index contributed by atoms with van der Waals surface area (Å²) < 4.78 is 33.6. The number of hydrogen-bond acceptors (Lipinski definition) is 3. The third-order valence-electron chi connectivity index (χ3n) is 3.20. The Morgan fingerprint density at radius 2 is 2.21 bits per heavy atom. The van der Waals surface area contributed by atoms with E-state index in [1.165, 1.54) is 6.07 Å². The molecule has 0 aromatic heterocycles. The molecule has 0 aliphatic carbocycles. The Hall–Kier alpha value is -0.980. The molecule has 0 radical (unpaired) electrons. The van der Waals surface area contributed by atoms with E-state index in [0.29, 0.717) is 18.7 Å². The van der Waals surface area contributed by atoms with Gasteiger partial charge in [-0.25, -0.2) is 17.7 Å². The van der Waals surface area contributed by atoms with Crippen molar-refractivity contribution in [3.05, 3.63) is 35.6 Å².